The van der Waals surface area contributed by atoms with Crippen LogP contribution in [0.5, 0.6) is 11.5 Å². The summed E-state index contributed by atoms with van der Waals surface area (Å²) in [5.74, 6) is 2.15. The molecule has 0 aliphatic heterocycles. The minimum atomic E-state index is 0. The fourth-order valence-electron chi connectivity index (χ4n) is 2.89. The normalized spacial score (nSPS) is 10.1. The number of methoxy groups -OCH3 is 2. The van der Waals surface area contributed by atoms with Gasteiger partial charge in [-0.25, -0.2) is 4.98 Å². The van der Waals surface area contributed by atoms with E-state index < -0.39 is 0 Å². The second kappa shape index (κ2) is 10.8. The molecule has 0 saturated heterocycles. The van der Waals surface area contributed by atoms with E-state index in [1.165, 1.54) is 5.56 Å². The van der Waals surface area contributed by atoms with Crippen molar-refractivity contribution in [3.05, 3.63) is 66.0 Å². The molecule has 3 rings (SSSR count). The highest BCUT2D eigenvalue weighted by Crippen LogP contribution is 2.36. The van der Waals surface area contributed by atoms with Gasteiger partial charge in [0.2, 0.25) is 0 Å². The number of halogens is 2. The number of aromatic amines is 1. The van der Waals surface area contributed by atoms with Crippen molar-refractivity contribution in [2.24, 2.45) is 0 Å². The number of aromatic nitrogens is 2. The van der Waals surface area contributed by atoms with E-state index in [0.29, 0.717) is 11.5 Å². The number of nitrogens with zero attached hydrogens (tertiary/aromatic N) is 2. The molecule has 0 atom stereocenters. The molecule has 7 heteroatoms. The van der Waals surface area contributed by atoms with Crippen molar-refractivity contribution in [3.63, 3.8) is 0 Å². The number of H-pyrrole nitrogens is 1. The van der Waals surface area contributed by atoms with Crippen molar-refractivity contribution in [1.29, 1.82) is 0 Å². The van der Waals surface area contributed by atoms with Gasteiger partial charge < -0.3 is 14.5 Å². The Morgan fingerprint density at radius 2 is 1.67 bits per heavy atom. The number of ether oxygens (including phenoxy) is 2. The van der Waals surface area contributed by atoms with Crippen LogP contribution < -0.4 is 9.47 Å². The number of nitrogens with one attached hydrogen (secondary N) is 1. The second-order valence-corrected chi connectivity index (χ2v) is 5.96. The lowest BCUT2D eigenvalue weighted by molar-refractivity contribution is 0.315. The zero-order chi connectivity index (χ0) is 17.6. The van der Waals surface area contributed by atoms with Gasteiger partial charge >= 0.3 is 0 Å². The van der Waals surface area contributed by atoms with Gasteiger partial charge in [0.25, 0.3) is 0 Å². The van der Waals surface area contributed by atoms with Crippen LogP contribution in [0, 0.1) is 0 Å². The van der Waals surface area contributed by atoms with E-state index in [9.17, 15) is 0 Å². The zero-order valence-corrected chi connectivity index (χ0v) is 17.3. The number of rotatable bonds is 7. The average Bonchev–Trinajstić information content (AvgIpc) is 3.09. The van der Waals surface area contributed by atoms with E-state index in [2.05, 4.69) is 46.2 Å². The van der Waals surface area contributed by atoms with E-state index >= 15 is 0 Å². The molecule has 0 aliphatic rings. The van der Waals surface area contributed by atoms with Crippen molar-refractivity contribution in [2.45, 2.75) is 13.1 Å². The molecule has 146 valence electrons. The quantitative estimate of drug-likeness (QED) is 0.620. The first-order valence-corrected chi connectivity index (χ1v) is 8.19. The van der Waals surface area contributed by atoms with E-state index in [1.807, 2.05) is 30.5 Å². The molecule has 2 aromatic carbocycles. The molecule has 0 fully saturated rings. The predicted molar refractivity (Wildman–Crippen MR) is 113 cm³/mol. The number of hydrogen-bond acceptors (Lipinski definition) is 4. The monoisotopic (exact) mass is 409 g/mol. The minimum absolute atomic E-state index is 0. The maximum absolute atomic E-state index is 5.50. The molecule has 5 nitrogen and oxygen atoms in total. The van der Waals surface area contributed by atoms with Gasteiger partial charge in [0.05, 0.1) is 19.8 Å². The van der Waals surface area contributed by atoms with Crippen LogP contribution >= 0.6 is 24.8 Å². The molecule has 0 aliphatic carbocycles. The van der Waals surface area contributed by atoms with Crippen LogP contribution in [0.25, 0.3) is 11.4 Å². The standard InChI is InChI=1S/C20H23N3O2.2ClH/c1-23(13-15-8-5-4-6-9-15)14-16-12-21-20(22-16)17-10-7-11-18(24-2)19(17)25-3;;/h4-12H,13-14H2,1-3H3,(H,21,22);2*1H. The van der Waals surface area contributed by atoms with Crippen LogP contribution in [0.4, 0.5) is 0 Å². The van der Waals surface area contributed by atoms with Crippen molar-refractivity contribution in [2.75, 3.05) is 21.3 Å². The van der Waals surface area contributed by atoms with E-state index in [4.69, 9.17) is 9.47 Å². The fraction of sp³-hybridized carbons (Fsp3) is 0.250. The highest BCUT2D eigenvalue weighted by Gasteiger charge is 2.14. The number of hydrogen-bond donors (Lipinski definition) is 1. The lowest BCUT2D eigenvalue weighted by Gasteiger charge is -2.15. The van der Waals surface area contributed by atoms with Gasteiger partial charge in [0.15, 0.2) is 11.5 Å². The number of imidazole rings is 1. The van der Waals surface area contributed by atoms with E-state index in [-0.39, 0.29) is 24.8 Å². The molecule has 1 N–H and O–H groups in total. The maximum atomic E-state index is 5.50. The van der Waals surface area contributed by atoms with E-state index in [1.54, 1.807) is 14.2 Å². The summed E-state index contributed by atoms with van der Waals surface area (Å²) < 4.78 is 10.9. The van der Waals surface area contributed by atoms with Crippen molar-refractivity contribution in [3.8, 4) is 22.9 Å². The van der Waals surface area contributed by atoms with Gasteiger partial charge in [-0.1, -0.05) is 36.4 Å². The topological polar surface area (TPSA) is 50.4 Å². The third-order valence-corrected chi connectivity index (χ3v) is 4.02. The van der Waals surface area contributed by atoms with Gasteiger partial charge in [0, 0.05) is 25.0 Å². The summed E-state index contributed by atoms with van der Waals surface area (Å²) in [6.45, 7) is 1.67. The predicted octanol–water partition coefficient (Wildman–Crippen LogP) is 4.57. The first-order valence-electron chi connectivity index (χ1n) is 8.19. The Morgan fingerprint density at radius 3 is 2.33 bits per heavy atom. The molecule has 0 bridgehead atoms. The molecule has 3 aromatic rings. The summed E-state index contributed by atoms with van der Waals surface area (Å²) >= 11 is 0. The highest BCUT2D eigenvalue weighted by atomic mass is 35.5. The lowest BCUT2D eigenvalue weighted by atomic mass is 10.1. The summed E-state index contributed by atoms with van der Waals surface area (Å²) in [6, 6.07) is 16.2. The Hall–Kier alpha value is -2.21. The van der Waals surface area contributed by atoms with Crippen LogP contribution in [-0.4, -0.2) is 36.1 Å². The van der Waals surface area contributed by atoms with Crippen LogP contribution in [0.2, 0.25) is 0 Å². The zero-order valence-electron chi connectivity index (χ0n) is 15.6. The van der Waals surface area contributed by atoms with Gasteiger partial charge in [-0.3, -0.25) is 4.90 Å². The van der Waals surface area contributed by atoms with Crippen LogP contribution in [0.1, 0.15) is 11.3 Å². The van der Waals surface area contributed by atoms with Crippen molar-refractivity contribution in [1.82, 2.24) is 14.9 Å². The molecule has 0 amide bonds. The van der Waals surface area contributed by atoms with Crippen LogP contribution in [0.15, 0.2) is 54.7 Å². The summed E-state index contributed by atoms with van der Waals surface area (Å²) in [5.41, 5.74) is 3.23. The first kappa shape index (κ1) is 22.8. The highest BCUT2D eigenvalue weighted by molar-refractivity contribution is 5.85. The summed E-state index contributed by atoms with van der Waals surface area (Å²) in [7, 11) is 5.37. The minimum Gasteiger partial charge on any atom is -0.493 e. The summed E-state index contributed by atoms with van der Waals surface area (Å²) in [4.78, 5) is 10.1. The maximum Gasteiger partial charge on any atom is 0.171 e. The Bertz CT molecular complexity index is 825. The molecule has 1 aromatic heterocycles. The van der Waals surface area contributed by atoms with Gasteiger partial charge in [-0.05, 0) is 24.7 Å². The van der Waals surface area contributed by atoms with Crippen molar-refractivity contribution >= 4 is 24.8 Å². The Balaban J connectivity index is 0.00000182. The molecule has 0 saturated carbocycles. The summed E-state index contributed by atoms with van der Waals surface area (Å²) in [6.07, 6.45) is 1.87. The third kappa shape index (κ3) is 5.63. The number of para-hydroxylation sites is 1. The first-order chi connectivity index (χ1) is 12.2. The molecule has 0 unspecified atom stereocenters. The largest absolute Gasteiger partial charge is 0.493 e. The fourth-order valence-corrected chi connectivity index (χ4v) is 2.89. The molecule has 27 heavy (non-hydrogen) atoms. The SMILES string of the molecule is COc1cccc(-c2ncc(CN(C)Cc3ccccc3)[nH]2)c1OC.Cl.Cl. The van der Waals surface area contributed by atoms with Crippen LogP contribution in [0.3, 0.4) is 0 Å². The van der Waals surface area contributed by atoms with Crippen molar-refractivity contribution < 1.29 is 9.47 Å². The Morgan fingerprint density at radius 1 is 0.926 bits per heavy atom. The molecule has 0 spiro atoms. The average molecular weight is 410 g/mol. The number of benzene rings is 2. The Labute approximate surface area is 172 Å². The third-order valence-electron chi connectivity index (χ3n) is 4.02. The van der Waals surface area contributed by atoms with Gasteiger partial charge in [0.1, 0.15) is 5.82 Å². The lowest BCUT2D eigenvalue weighted by Crippen LogP contribution is -2.17. The molecule has 1 heterocycles. The smallest absolute Gasteiger partial charge is 0.171 e. The van der Waals surface area contributed by atoms with Gasteiger partial charge in [-0.15, -0.1) is 24.8 Å². The van der Waals surface area contributed by atoms with E-state index in [0.717, 1.165) is 30.2 Å². The van der Waals surface area contributed by atoms with Gasteiger partial charge in [-0.2, -0.15) is 0 Å². The Kier molecular flexibility index (Phi) is 9.15. The molecular weight excluding hydrogens is 385 g/mol. The molecule has 0 radical (unpaired) electrons. The summed E-state index contributed by atoms with van der Waals surface area (Å²) in [5, 5.41) is 0. The molecular formula is C20H25Cl2N3O2. The second-order valence-electron chi connectivity index (χ2n) is 5.96. The van der Waals surface area contributed by atoms with Crippen LogP contribution in [-0.2, 0) is 13.1 Å².